The van der Waals surface area contributed by atoms with E-state index in [2.05, 4.69) is 44.5 Å². The number of nitrogens with one attached hydrogen (secondary N) is 2. The van der Waals surface area contributed by atoms with Gasteiger partial charge in [0.25, 0.3) is 0 Å². The third-order valence-corrected chi connectivity index (χ3v) is 3.55. The molecular weight excluding hydrogens is 236 g/mol. The third-order valence-electron chi connectivity index (χ3n) is 3.55. The van der Waals surface area contributed by atoms with E-state index < -0.39 is 0 Å². The van der Waals surface area contributed by atoms with Crippen molar-refractivity contribution in [3.05, 3.63) is 36.2 Å². The molecule has 2 heterocycles. The van der Waals surface area contributed by atoms with E-state index in [1.165, 1.54) is 12.1 Å². The van der Waals surface area contributed by atoms with Gasteiger partial charge in [-0.3, -0.25) is 0 Å². The summed E-state index contributed by atoms with van der Waals surface area (Å²) in [6, 6.07) is 8.68. The molecule has 0 spiro atoms. The van der Waals surface area contributed by atoms with Crippen molar-refractivity contribution in [3.63, 3.8) is 0 Å². The topological polar surface area (TPSA) is 44.0 Å². The van der Waals surface area contributed by atoms with Crippen molar-refractivity contribution in [1.82, 2.24) is 15.3 Å². The zero-order chi connectivity index (χ0) is 13.1. The van der Waals surface area contributed by atoms with Crippen LogP contribution in [0.3, 0.4) is 0 Å². The summed E-state index contributed by atoms with van der Waals surface area (Å²) in [7, 11) is 0. The molecule has 1 aromatic carbocycles. The molecule has 1 aliphatic heterocycles. The summed E-state index contributed by atoms with van der Waals surface area (Å²) in [6.07, 6.45) is 3.07. The number of hydrogen-bond acceptors (Lipinski definition) is 3. The molecule has 0 amide bonds. The number of benzene rings is 1. The van der Waals surface area contributed by atoms with Crippen LogP contribution in [0.4, 0.5) is 5.69 Å². The maximum Gasteiger partial charge on any atom is 0.137 e. The Kier molecular flexibility index (Phi) is 3.51. The summed E-state index contributed by atoms with van der Waals surface area (Å²) in [5.41, 5.74) is 3.54. The first-order chi connectivity index (χ1) is 9.33. The predicted molar refractivity (Wildman–Crippen MR) is 78.5 cm³/mol. The van der Waals surface area contributed by atoms with Crippen molar-refractivity contribution in [1.29, 1.82) is 0 Å². The van der Waals surface area contributed by atoms with Crippen molar-refractivity contribution in [2.45, 2.75) is 13.3 Å². The smallest absolute Gasteiger partial charge is 0.137 e. The van der Waals surface area contributed by atoms with E-state index in [4.69, 9.17) is 0 Å². The Morgan fingerprint density at radius 3 is 2.68 bits per heavy atom. The van der Waals surface area contributed by atoms with Crippen LogP contribution in [0.15, 0.2) is 30.5 Å². The highest BCUT2D eigenvalue weighted by Gasteiger charge is 2.09. The second-order valence-corrected chi connectivity index (χ2v) is 5.05. The van der Waals surface area contributed by atoms with Crippen molar-refractivity contribution in [3.8, 4) is 11.4 Å². The molecule has 0 saturated carbocycles. The lowest BCUT2D eigenvalue weighted by atomic mass is 10.2. The fraction of sp³-hybridized carbons (Fsp3) is 0.400. The Morgan fingerprint density at radius 1 is 1.11 bits per heavy atom. The first kappa shape index (κ1) is 12.2. The Morgan fingerprint density at radius 2 is 1.95 bits per heavy atom. The van der Waals surface area contributed by atoms with Crippen LogP contribution < -0.4 is 10.2 Å². The zero-order valence-corrected chi connectivity index (χ0v) is 11.3. The molecule has 0 unspecified atom stereocenters. The van der Waals surface area contributed by atoms with Crippen LogP contribution in [-0.4, -0.2) is 36.1 Å². The molecule has 3 rings (SSSR count). The molecule has 4 nitrogen and oxygen atoms in total. The van der Waals surface area contributed by atoms with Gasteiger partial charge in [-0.2, -0.15) is 0 Å². The fourth-order valence-corrected chi connectivity index (χ4v) is 2.49. The van der Waals surface area contributed by atoms with Crippen molar-refractivity contribution >= 4 is 5.69 Å². The Hall–Kier alpha value is -1.81. The lowest BCUT2D eigenvalue weighted by molar-refractivity contribution is 0.724. The van der Waals surface area contributed by atoms with Crippen LogP contribution in [0, 0.1) is 6.92 Å². The maximum absolute atomic E-state index is 4.36. The number of nitrogens with zero attached hydrogens (tertiary/aromatic N) is 2. The van der Waals surface area contributed by atoms with E-state index in [1.807, 2.05) is 13.1 Å². The number of aryl methyl sites for hydroxylation is 1. The van der Waals surface area contributed by atoms with Gasteiger partial charge in [0.15, 0.2) is 0 Å². The van der Waals surface area contributed by atoms with Gasteiger partial charge in [-0.25, -0.2) is 4.98 Å². The van der Waals surface area contributed by atoms with Crippen LogP contribution in [0.25, 0.3) is 11.4 Å². The average Bonchev–Trinajstić information content (AvgIpc) is 2.72. The van der Waals surface area contributed by atoms with Gasteiger partial charge < -0.3 is 15.2 Å². The van der Waals surface area contributed by atoms with Crippen LogP contribution in [0.5, 0.6) is 0 Å². The molecule has 0 bridgehead atoms. The molecular formula is C15H20N4. The summed E-state index contributed by atoms with van der Waals surface area (Å²) in [4.78, 5) is 10.1. The van der Waals surface area contributed by atoms with Gasteiger partial charge in [0.05, 0.1) is 0 Å². The van der Waals surface area contributed by atoms with E-state index in [-0.39, 0.29) is 0 Å². The monoisotopic (exact) mass is 256 g/mol. The van der Waals surface area contributed by atoms with Gasteiger partial charge in [-0.05, 0) is 44.2 Å². The molecule has 1 aromatic heterocycles. The highest BCUT2D eigenvalue weighted by molar-refractivity contribution is 5.60. The summed E-state index contributed by atoms with van der Waals surface area (Å²) in [6.45, 7) is 6.43. The predicted octanol–water partition coefficient (Wildman–Crippen LogP) is 2.18. The second-order valence-electron chi connectivity index (χ2n) is 5.05. The summed E-state index contributed by atoms with van der Waals surface area (Å²) in [5, 5.41) is 3.43. The standard InChI is InChI=1S/C15H20N4/c1-12-11-17-15(18-12)13-3-5-14(6-4-13)19-9-2-7-16-8-10-19/h3-6,11,16H,2,7-10H2,1H3,(H,17,18). The Bertz CT molecular complexity index is 521. The van der Waals surface area contributed by atoms with Crippen molar-refractivity contribution < 1.29 is 0 Å². The fourth-order valence-electron chi connectivity index (χ4n) is 2.49. The quantitative estimate of drug-likeness (QED) is 0.865. The first-order valence-corrected chi connectivity index (χ1v) is 6.91. The highest BCUT2D eigenvalue weighted by Crippen LogP contribution is 2.21. The van der Waals surface area contributed by atoms with Gasteiger partial charge in [0, 0.05) is 42.8 Å². The van der Waals surface area contributed by atoms with E-state index in [0.29, 0.717) is 0 Å². The summed E-state index contributed by atoms with van der Waals surface area (Å²) < 4.78 is 0. The lowest BCUT2D eigenvalue weighted by Gasteiger charge is -2.22. The van der Waals surface area contributed by atoms with Crippen LogP contribution in [-0.2, 0) is 0 Å². The SMILES string of the molecule is Cc1cnc(-c2ccc(N3CCCNCC3)cc2)[nH]1. The molecule has 0 radical (unpaired) electrons. The minimum atomic E-state index is 0.946. The molecule has 0 atom stereocenters. The van der Waals surface area contributed by atoms with Crippen molar-refractivity contribution in [2.24, 2.45) is 0 Å². The molecule has 1 saturated heterocycles. The molecule has 2 aromatic rings. The highest BCUT2D eigenvalue weighted by atomic mass is 15.2. The van der Waals surface area contributed by atoms with Gasteiger partial charge >= 0.3 is 0 Å². The van der Waals surface area contributed by atoms with Crippen molar-refractivity contribution in [2.75, 3.05) is 31.1 Å². The van der Waals surface area contributed by atoms with Gasteiger partial charge in [0.2, 0.25) is 0 Å². The molecule has 1 fully saturated rings. The lowest BCUT2D eigenvalue weighted by Crippen LogP contribution is -2.27. The number of aromatic nitrogens is 2. The number of aromatic amines is 1. The van der Waals surface area contributed by atoms with E-state index in [1.54, 1.807) is 0 Å². The number of anilines is 1. The third kappa shape index (κ3) is 2.79. The second kappa shape index (κ2) is 5.45. The maximum atomic E-state index is 4.36. The summed E-state index contributed by atoms with van der Waals surface area (Å²) >= 11 is 0. The van der Waals surface area contributed by atoms with Gasteiger partial charge in [-0.15, -0.1) is 0 Å². The van der Waals surface area contributed by atoms with Gasteiger partial charge in [-0.1, -0.05) is 0 Å². The molecule has 0 aliphatic carbocycles. The van der Waals surface area contributed by atoms with Crippen LogP contribution >= 0.6 is 0 Å². The van der Waals surface area contributed by atoms with E-state index >= 15 is 0 Å². The molecule has 100 valence electrons. The number of H-pyrrole nitrogens is 1. The average molecular weight is 256 g/mol. The minimum Gasteiger partial charge on any atom is -0.370 e. The summed E-state index contributed by atoms with van der Waals surface area (Å²) in [5.74, 6) is 0.946. The molecule has 2 N–H and O–H groups in total. The number of rotatable bonds is 2. The molecule has 4 heteroatoms. The zero-order valence-electron chi connectivity index (χ0n) is 11.3. The number of imidazole rings is 1. The van der Waals surface area contributed by atoms with Crippen LogP contribution in [0.1, 0.15) is 12.1 Å². The normalized spacial score (nSPS) is 16.4. The van der Waals surface area contributed by atoms with E-state index in [0.717, 1.165) is 43.3 Å². The van der Waals surface area contributed by atoms with E-state index in [9.17, 15) is 0 Å². The Balaban J connectivity index is 1.78. The minimum absolute atomic E-state index is 0.946. The Labute approximate surface area is 113 Å². The molecule has 19 heavy (non-hydrogen) atoms. The first-order valence-electron chi connectivity index (χ1n) is 6.91. The molecule has 1 aliphatic rings. The largest absolute Gasteiger partial charge is 0.370 e. The van der Waals surface area contributed by atoms with Gasteiger partial charge in [0.1, 0.15) is 5.82 Å². The van der Waals surface area contributed by atoms with Crippen LogP contribution in [0.2, 0.25) is 0 Å². The number of hydrogen-bond donors (Lipinski definition) is 2.